The Labute approximate surface area is 133 Å². The van der Waals surface area contributed by atoms with Gasteiger partial charge in [-0.15, -0.1) is 0 Å². The predicted octanol–water partition coefficient (Wildman–Crippen LogP) is 2.59. The second-order valence-corrected chi connectivity index (χ2v) is 8.15. The third kappa shape index (κ3) is 4.59. The van der Waals surface area contributed by atoms with Gasteiger partial charge >= 0.3 is 6.09 Å². The Morgan fingerprint density at radius 3 is 2.41 bits per heavy atom. The van der Waals surface area contributed by atoms with Crippen LogP contribution in [0.25, 0.3) is 0 Å². The molecule has 0 aromatic rings. The first-order valence-corrected chi connectivity index (χ1v) is 8.76. The fourth-order valence-corrected chi connectivity index (χ4v) is 3.46. The Hall–Kier alpha value is -0.810. The molecule has 3 fully saturated rings. The molecule has 2 N–H and O–H groups in total. The van der Waals surface area contributed by atoms with Gasteiger partial charge in [-0.2, -0.15) is 0 Å². The van der Waals surface area contributed by atoms with Crippen LogP contribution in [0.1, 0.15) is 59.3 Å². The molecule has 1 heterocycles. The molecule has 1 amide bonds. The summed E-state index contributed by atoms with van der Waals surface area (Å²) >= 11 is 0. The minimum atomic E-state index is -0.425. The van der Waals surface area contributed by atoms with E-state index in [1.165, 1.54) is 12.8 Å². The lowest BCUT2D eigenvalue weighted by molar-refractivity contribution is -0.0154. The van der Waals surface area contributed by atoms with E-state index in [0.717, 1.165) is 38.2 Å². The number of ether oxygens (including phenoxy) is 2. The van der Waals surface area contributed by atoms with E-state index in [4.69, 9.17) is 9.47 Å². The van der Waals surface area contributed by atoms with Crippen LogP contribution in [0.2, 0.25) is 0 Å². The highest BCUT2D eigenvalue weighted by atomic mass is 16.6. The average molecular weight is 310 g/mol. The lowest BCUT2D eigenvalue weighted by atomic mass is 9.85. The molecule has 0 spiro atoms. The van der Waals surface area contributed by atoms with Crippen molar-refractivity contribution in [2.24, 2.45) is 5.92 Å². The number of hydrogen-bond acceptors (Lipinski definition) is 4. The van der Waals surface area contributed by atoms with Gasteiger partial charge in [0, 0.05) is 24.7 Å². The molecule has 3 rings (SSSR count). The monoisotopic (exact) mass is 310 g/mol. The summed E-state index contributed by atoms with van der Waals surface area (Å²) in [5.74, 6) is 0.826. The molecule has 2 aliphatic carbocycles. The van der Waals surface area contributed by atoms with Crippen molar-refractivity contribution >= 4 is 6.09 Å². The molecule has 1 aliphatic heterocycles. The Morgan fingerprint density at radius 2 is 1.77 bits per heavy atom. The number of carbonyl (C=O) groups excluding carboxylic acids is 1. The molecular formula is C17H30N2O3. The zero-order valence-corrected chi connectivity index (χ0v) is 14.1. The van der Waals surface area contributed by atoms with Crippen molar-refractivity contribution in [2.75, 3.05) is 6.61 Å². The summed E-state index contributed by atoms with van der Waals surface area (Å²) in [5, 5.41) is 6.70. The summed E-state index contributed by atoms with van der Waals surface area (Å²) in [6, 6.07) is 1.38. The topological polar surface area (TPSA) is 59.6 Å². The van der Waals surface area contributed by atoms with Crippen molar-refractivity contribution in [3.8, 4) is 0 Å². The van der Waals surface area contributed by atoms with Crippen LogP contribution in [-0.2, 0) is 9.47 Å². The summed E-state index contributed by atoms with van der Waals surface area (Å²) in [7, 11) is 0. The molecular weight excluding hydrogens is 280 g/mol. The first kappa shape index (κ1) is 16.1. The van der Waals surface area contributed by atoms with Gasteiger partial charge in [0.05, 0.1) is 6.10 Å². The van der Waals surface area contributed by atoms with Gasteiger partial charge in [0.15, 0.2) is 0 Å². The molecule has 2 atom stereocenters. The summed E-state index contributed by atoms with van der Waals surface area (Å²) in [6.45, 7) is 6.56. The van der Waals surface area contributed by atoms with E-state index in [2.05, 4.69) is 10.6 Å². The lowest BCUT2D eigenvalue weighted by Crippen LogP contribution is -2.56. The zero-order valence-electron chi connectivity index (χ0n) is 14.1. The molecule has 0 aromatic carbocycles. The second kappa shape index (κ2) is 6.36. The Morgan fingerprint density at radius 1 is 1.05 bits per heavy atom. The van der Waals surface area contributed by atoms with E-state index in [0.29, 0.717) is 18.2 Å². The number of hydrogen-bond donors (Lipinski definition) is 2. The highest BCUT2D eigenvalue weighted by molar-refractivity contribution is 5.68. The Balaban J connectivity index is 1.32. The highest BCUT2D eigenvalue weighted by Crippen LogP contribution is 2.38. The maximum absolute atomic E-state index is 11.7. The van der Waals surface area contributed by atoms with Crippen molar-refractivity contribution in [1.82, 2.24) is 10.6 Å². The van der Waals surface area contributed by atoms with Crippen molar-refractivity contribution in [2.45, 2.75) is 89.1 Å². The minimum Gasteiger partial charge on any atom is -0.444 e. The Kier molecular flexibility index (Phi) is 4.64. The minimum absolute atomic E-state index is 0.256. The molecule has 0 radical (unpaired) electrons. The third-order valence-corrected chi connectivity index (χ3v) is 4.79. The van der Waals surface area contributed by atoms with E-state index >= 15 is 0 Å². The maximum Gasteiger partial charge on any atom is 0.407 e. The quantitative estimate of drug-likeness (QED) is 0.838. The average Bonchev–Trinajstić information content (AvgIpc) is 3.18. The van der Waals surface area contributed by atoms with E-state index in [9.17, 15) is 4.79 Å². The number of alkyl carbamates (subject to hydrolysis) is 1. The predicted molar refractivity (Wildman–Crippen MR) is 84.8 cm³/mol. The van der Waals surface area contributed by atoms with Crippen LogP contribution < -0.4 is 10.6 Å². The van der Waals surface area contributed by atoms with Gasteiger partial charge in [0.2, 0.25) is 0 Å². The number of carbonyl (C=O) groups is 1. The van der Waals surface area contributed by atoms with Gasteiger partial charge in [-0.1, -0.05) is 0 Å². The number of nitrogens with one attached hydrogen (secondary N) is 2. The molecule has 2 saturated carbocycles. The van der Waals surface area contributed by atoms with Crippen molar-refractivity contribution in [3.05, 3.63) is 0 Å². The molecule has 22 heavy (non-hydrogen) atoms. The van der Waals surface area contributed by atoms with Gasteiger partial charge in [-0.05, 0) is 65.2 Å². The molecule has 5 nitrogen and oxygen atoms in total. The molecule has 0 unspecified atom stereocenters. The largest absolute Gasteiger partial charge is 0.444 e. The van der Waals surface area contributed by atoms with E-state index in [1.54, 1.807) is 0 Å². The molecule has 0 aromatic heterocycles. The second-order valence-electron chi connectivity index (χ2n) is 8.15. The first-order chi connectivity index (χ1) is 10.4. The van der Waals surface area contributed by atoms with Gasteiger partial charge in [0.25, 0.3) is 0 Å². The zero-order chi connectivity index (χ0) is 15.7. The van der Waals surface area contributed by atoms with Crippen LogP contribution in [-0.4, -0.2) is 42.5 Å². The molecule has 3 aliphatic rings. The summed E-state index contributed by atoms with van der Waals surface area (Å²) < 4.78 is 11.2. The fourth-order valence-electron chi connectivity index (χ4n) is 3.46. The van der Waals surface area contributed by atoms with Crippen molar-refractivity contribution in [1.29, 1.82) is 0 Å². The molecule has 5 heteroatoms. The van der Waals surface area contributed by atoms with Crippen LogP contribution >= 0.6 is 0 Å². The normalized spacial score (nSPS) is 35.6. The van der Waals surface area contributed by atoms with Crippen LogP contribution in [0.4, 0.5) is 4.79 Å². The standard InChI is InChI=1S/C17H30N2O3/c1-17(2,3)22-16(20)19-14-8-13(9-14)18-12-6-7-21-15(10-12)11-4-5-11/h11-15,18H,4-10H2,1-3H3,(H,19,20)/t12-,13?,14?,15+/m1/s1. The summed E-state index contributed by atoms with van der Waals surface area (Å²) in [4.78, 5) is 11.7. The van der Waals surface area contributed by atoms with Crippen molar-refractivity contribution < 1.29 is 14.3 Å². The van der Waals surface area contributed by atoms with Crippen molar-refractivity contribution in [3.63, 3.8) is 0 Å². The van der Waals surface area contributed by atoms with E-state index in [-0.39, 0.29) is 12.1 Å². The van der Waals surface area contributed by atoms with Crippen LogP contribution in [0, 0.1) is 5.92 Å². The van der Waals surface area contributed by atoms with E-state index < -0.39 is 5.60 Å². The maximum atomic E-state index is 11.7. The molecule has 126 valence electrons. The SMILES string of the molecule is CC(C)(C)OC(=O)NC1CC(N[C@@H]2CCO[C@H](C3CC3)C2)C1. The van der Waals surface area contributed by atoms with Gasteiger partial charge in [-0.25, -0.2) is 4.79 Å². The van der Waals surface area contributed by atoms with Crippen LogP contribution in [0.3, 0.4) is 0 Å². The fraction of sp³-hybridized carbons (Fsp3) is 0.941. The molecule has 0 bridgehead atoms. The molecule has 1 saturated heterocycles. The van der Waals surface area contributed by atoms with E-state index in [1.807, 2.05) is 20.8 Å². The van der Waals surface area contributed by atoms with Crippen LogP contribution in [0.15, 0.2) is 0 Å². The summed E-state index contributed by atoms with van der Waals surface area (Å²) in [5.41, 5.74) is -0.425. The number of amides is 1. The number of rotatable bonds is 4. The van der Waals surface area contributed by atoms with Crippen LogP contribution in [0.5, 0.6) is 0 Å². The summed E-state index contributed by atoms with van der Waals surface area (Å²) in [6.07, 6.45) is 7.17. The first-order valence-electron chi connectivity index (χ1n) is 8.76. The van der Waals surface area contributed by atoms with Gasteiger partial charge in [0.1, 0.15) is 5.60 Å². The van der Waals surface area contributed by atoms with Gasteiger partial charge < -0.3 is 20.1 Å². The lowest BCUT2D eigenvalue weighted by Gasteiger charge is -2.41. The Bertz CT molecular complexity index is 397. The van der Waals surface area contributed by atoms with Gasteiger partial charge in [-0.3, -0.25) is 0 Å². The highest BCUT2D eigenvalue weighted by Gasteiger charge is 2.38. The smallest absolute Gasteiger partial charge is 0.407 e. The third-order valence-electron chi connectivity index (χ3n) is 4.79.